The van der Waals surface area contributed by atoms with E-state index in [0.29, 0.717) is 40.2 Å². The van der Waals surface area contributed by atoms with Gasteiger partial charge in [-0.1, -0.05) is 41.0 Å². The maximum atomic E-state index is 12.9. The monoisotopic (exact) mass is 510 g/mol. The highest BCUT2D eigenvalue weighted by Crippen LogP contribution is 2.39. The first-order valence-corrected chi connectivity index (χ1v) is 11.7. The van der Waals surface area contributed by atoms with Crippen molar-refractivity contribution < 1.29 is 19.1 Å². The topological polar surface area (TPSA) is 67.9 Å². The Kier molecular flexibility index (Phi) is 8.05. The Labute approximate surface area is 205 Å². The van der Waals surface area contributed by atoms with Gasteiger partial charge in [0.15, 0.2) is 15.8 Å². The lowest BCUT2D eigenvalue weighted by Crippen LogP contribution is -2.44. The van der Waals surface area contributed by atoms with E-state index < -0.39 is 11.8 Å². The largest absolute Gasteiger partial charge is 0.490 e. The lowest BCUT2D eigenvalue weighted by Gasteiger charge is -2.16. The van der Waals surface area contributed by atoms with Crippen LogP contribution in [0.4, 0.5) is 0 Å². The summed E-state index contributed by atoms with van der Waals surface area (Å²) >= 11 is 18.9. The molecule has 2 aromatic carbocycles. The zero-order valence-electron chi connectivity index (χ0n) is 17.5. The molecule has 0 bridgehead atoms. The number of amides is 2. The van der Waals surface area contributed by atoms with Gasteiger partial charge in [0, 0.05) is 0 Å². The predicted octanol–water partition coefficient (Wildman–Crippen LogP) is 5.65. The van der Waals surface area contributed by atoms with Gasteiger partial charge in [0.2, 0.25) is 0 Å². The number of thioether (sulfide) groups is 1. The molecule has 10 heteroatoms. The van der Waals surface area contributed by atoms with Crippen molar-refractivity contribution in [3.05, 3.63) is 62.0 Å². The van der Waals surface area contributed by atoms with Gasteiger partial charge in [0.05, 0.1) is 33.7 Å². The van der Waals surface area contributed by atoms with Crippen molar-refractivity contribution in [1.29, 1.82) is 0 Å². The molecular weight excluding hydrogens is 491 g/mol. The average Bonchev–Trinajstić information content (AvgIpc) is 2.98. The molecule has 1 saturated heterocycles. The van der Waals surface area contributed by atoms with Crippen molar-refractivity contribution >= 4 is 69.4 Å². The Morgan fingerprint density at radius 2 is 1.88 bits per heavy atom. The lowest BCUT2D eigenvalue weighted by atomic mass is 10.1. The number of nitrogens with one attached hydrogen (secondary N) is 1. The van der Waals surface area contributed by atoms with E-state index in [2.05, 4.69) is 5.43 Å². The summed E-state index contributed by atoms with van der Waals surface area (Å²) in [7, 11) is 0. The Bertz CT molecular complexity index is 1120. The van der Waals surface area contributed by atoms with Gasteiger partial charge in [0.1, 0.15) is 0 Å². The van der Waals surface area contributed by atoms with Gasteiger partial charge in [0.25, 0.3) is 11.8 Å². The molecule has 0 aromatic heterocycles. The summed E-state index contributed by atoms with van der Waals surface area (Å²) in [5.41, 5.74) is 4.32. The van der Waals surface area contributed by atoms with Crippen molar-refractivity contribution in [2.75, 3.05) is 13.2 Å². The third-order valence-electron chi connectivity index (χ3n) is 4.29. The summed E-state index contributed by atoms with van der Waals surface area (Å²) in [6, 6.07) is 8.43. The fraction of sp³-hybridized carbons (Fsp3) is 0.227. The van der Waals surface area contributed by atoms with E-state index in [1.165, 1.54) is 0 Å². The molecule has 1 N–H and O–H groups in total. The fourth-order valence-electron chi connectivity index (χ4n) is 2.90. The van der Waals surface area contributed by atoms with E-state index >= 15 is 0 Å². The normalized spacial score (nSPS) is 14.8. The molecule has 2 amide bonds. The number of carbonyl (C=O) groups is 2. The summed E-state index contributed by atoms with van der Waals surface area (Å²) < 4.78 is 11.4. The number of hydrogen-bond donors (Lipinski definition) is 1. The molecule has 0 aliphatic carbocycles. The van der Waals surface area contributed by atoms with Gasteiger partial charge in [-0.25, -0.2) is 0 Å². The van der Waals surface area contributed by atoms with Gasteiger partial charge >= 0.3 is 0 Å². The van der Waals surface area contributed by atoms with Crippen molar-refractivity contribution in [3.8, 4) is 11.5 Å². The second-order valence-corrected chi connectivity index (χ2v) is 9.13. The lowest BCUT2D eigenvalue weighted by molar-refractivity contribution is -0.123. The zero-order valence-corrected chi connectivity index (χ0v) is 20.7. The quantitative estimate of drug-likeness (QED) is 0.383. The number of ether oxygens (including phenoxy) is 2. The molecule has 1 heterocycles. The number of hydrazine groups is 1. The Balaban J connectivity index is 1.84. The second kappa shape index (κ2) is 10.6. The van der Waals surface area contributed by atoms with Gasteiger partial charge in [-0.15, -0.1) is 0 Å². The van der Waals surface area contributed by atoms with E-state index in [9.17, 15) is 9.59 Å². The highest BCUT2D eigenvalue weighted by Gasteiger charge is 2.34. The molecule has 0 unspecified atom stereocenters. The van der Waals surface area contributed by atoms with Crippen LogP contribution in [0.1, 0.15) is 35.3 Å². The number of carbonyl (C=O) groups excluding carboxylic acids is 2. The highest BCUT2D eigenvalue weighted by atomic mass is 35.5. The summed E-state index contributed by atoms with van der Waals surface area (Å²) in [5.74, 6) is -0.0660. The first-order chi connectivity index (χ1) is 15.2. The number of benzene rings is 2. The van der Waals surface area contributed by atoms with Gasteiger partial charge in [-0.2, -0.15) is 5.01 Å². The molecule has 0 atom stereocenters. The maximum absolute atomic E-state index is 12.9. The number of halogens is 2. The van der Waals surface area contributed by atoms with E-state index in [1.807, 2.05) is 20.8 Å². The third-order valence-corrected chi connectivity index (χ3v) is 6.19. The molecule has 1 fully saturated rings. The summed E-state index contributed by atoms with van der Waals surface area (Å²) in [5, 5.41) is 1.68. The van der Waals surface area contributed by atoms with E-state index in [0.717, 1.165) is 22.3 Å². The number of hydrogen-bond acceptors (Lipinski definition) is 6. The maximum Gasteiger partial charge on any atom is 0.285 e. The molecule has 0 saturated carbocycles. The summed E-state index contributed by atoms with van der Waals surface area (Å²) in [6.07, 6.45) is 1.63. The third kappa shape index (κ3) is 5.38. The molecule has 0 spiro atoms. The van der Waals surface area contributed by atoms with Crippen LogP contribution in [-0.2, 0) is 4.79 Å². The van der Waals surface area contributed by atoms with Crippen LogP contribution in [0.5, 0.6) is 11.5 Å². The Morgan fingerprint density at radius 1 is 1.16 bits per heavy atom. The van der Waals surface area contributed by atoms with Crippen molar-refractivity contribution in [2.24, 2.45) is 0 Å². The second-order valence-electron chi connectivity index (χ2n) is 6.64. The SMILES string of the molecule is CCOc1cc(/C=C2/SC(=S)N(NC(=O)c3ccc(C)cc3Cl)C2=O)cc(Cl)c1OCC. The molecule has 0 radical (unpaired) electrons. The molecule has 3 rings (SSSR count). The molecule has 1 aliphatic rings. The van der Waals surface area contributed by atoms with Gasteiger partial charge in [-0.3, -0.25) is 15.0 Å². The van der Waals surface area contributed by atoms with Crippen LogP contribution in [0.2, 0.25) is 10.0 Å². The van der Waals surface area contributed by atoms with E-state index in [4.69, 9.17) is 44.9 Å². The Hall–Kier alpha value is -2.26. The zero-order chi connectivity index (χ0) is 23.4. The standard InChI is InChI=1S/C22H20Cl2N2O4S2/c1-4-29-17-10-13(9-16(24)19(17)30-5-2)11-18-21(28)26(22(31)32-18)25-20(27)14-7-6-12(3)8-15(14)23/h6-11H,4-5H2,1-3H3,(H,25,27)/b18-11+. The van der Waals surface area contributed by atoms with Crippen LogP contribution in [0.15, 0.2) is 35.2 Å². The van der Waals surface area contributed by atoms with E-state index in [1.54, 1.807) is 36.4 Å². The van der Waals surface area contributed by atoms with Gasteiger partial charge < -0.3 is 9.47 Å². The Morgan fingerprint density at radius 3 is 2.53 bits per heavy atom. The number of nitrogens with zero attached hydrogens (tertiary/aromatic N) is 1. The number of rotatable bonds is 7. The molecule has 2 aromatic rings. The minimum atomic E-state index is -0.532. The molecule has 1 aliphatic heterocycles. The molecule has 168 valence electrons. The van der Waals surface area contributed by atoms with Gasteiger partial charge in [-0.05, 0) is 74.5 Å². The first-order valence-electron chi connectivity index (χ1n) is 9.69. The minimum absolute atomic E-state index is 0.194. The van der Waals surface area contributed by atoms with Crippen LogP contribution in [0.25, 0.3) is 6.08 Å². The smallest absolute Gasteiger partial charge is 0.285 e. The summed E-state index contributed by atoms with van der Waals surface area (Å²) in [4.78, 5) is 25.9. The van der Waals surface area contributed by atoms with Crippen LogP contribution >= 0.6 is 47.2 Å². The minimum Gasteiger partial charge on any atom is -0.490 e. The first kappa shape index (κ1) is 24.4. The number of aryl methyl sites for hydroxylation is 1. The van der Waals surface area contributed by atoms with Crippen LogP contribution in [0, 0.1) is 6.92 Å². The van der Waals surface area contributed by atoms with Crippen LogP contribution < -0.4 is 14.9 Å². The number of thiocarbonyl (C=S) groups is 1. The summed E-state index contributed by atoms with van der Waals surface area (Å²) in [6.45, 7) is 6.43. The highest BCUT2D eigenvalue weighted by molar-refractivity contribution is 8.26. The molecule has 6 nitrogen and oxygen atoms in total. The van der Waals surface area contributed by atoms with Crippen molar-refractivity contribution in [1.82, 2.24) is 10.4 Å². The molecule has 32 heavy (non-hydrogen) atoms. The van der Waals surface area contributed by atoms with Crippen molar-refractivity contribution in [3.63, 3.8) is 0 Å². The predicted molar refractivity (Wildman–Crippen MR) is 132 cm³/mol. The van der Waals surface area contributed by atoms with E-state index in [-0.39, 0.29) is 14.9 Å². The fourth-order valence-corrected chi connectivity index (χ4v) is 4.67. The van der Waals surface area contributed by atoms with Crippen molar-refractivity contribution in [2.45, 2.75) is 20.8 Å². The van der Waals surface area contributed by atoms with Crippen LogP contribution in [-0.4, -0.2) is 34.4 Å². The van der Waals surface area contributed by atoms with Crippen LogP contribution in [0.3, 0.4) is 0 Å². The molecular formula is C22H20Cl2N2O4S2. The average molecular weight is 511 g/mol.